The Morgan fingerprint density at radius 2 is 1.97 bits per heavy atom. The fraction of sp³-hybridized carbons (Fsp3) is 0.286. The summed E-state index contributed by atoms with van der Waals surface area (Å²) in [6.45, 7) is 2.80. The highest BCUT2D eigenvalue weighted by atomic mass is 32.1. The molecule has 1 saturated heterocycles. The molecule has 0 unspecified atom stereocenters. The highest BCUT2D eigenvalue weighted by molar-refractivity contribution is 7.13. The molecule has 0 aliphatic carbocycles. The van der Waals surface area contributed by atoms with Gasteiger partial charge in [-0.05, 0) is 35.2 Å². The van der Waals surface area contributed by atoms with Gasteiger partial charge in [-0.15, -0.1) is 11.3 Å². The van der Waals surface area contributed by atoms with Crippen LogP contribution in [0.15, 0.2) is 52.4 Å². The van der Waals surface area contributed by atoms with Gasteiger partial charge >= 0.3 is 6.18 Å². The van der Waals surface area contributed by atoms with Crippen molar-refractivity contribution in [3.63, 3.8) is 0 Å². The predicted octanol–water partition coefficient (Wildman–Crippen LogP) is 4.17. The summed E-state index contributed by atoms with van der Waals surface area (Å²) < 4.78 is 43.7. The third-order valence-electron chi connectivity index (χ3n) is 4.88. The smallest absolute Gasteiger partial charge is 0.338 e. The average Bonchev–Trinajstić information content (AvgIpc) is 3.44. The number of carbonyl (C=O) groups is 1. The average molecular weight is 448 g/mol. The minimum atomic E-state index is -4.41. The van der Waals surface area contributed by atoms with Gasteiger partial charge in [0, 0.05) is 32.3 Å². The summed E-state index contributed by atoms with van der Waals surface area (Å²) in [4.78, 5) is 21.6. The zero-order chi connectivity index (χ0) is 21.8. The van der Waals surface area contributed by atoms with Gasteiger partial charge in [0.25, 0.3) is 0 Å². The summed E-state index contributed by atoms with van der Waals surface area (Å²) in [6.07, 6.45) is -1.68. The number of nitrogens with zero attached hydrogens (tertiary/aromatic N) is 4. The third-order valence-corrected chi connectivity index (χ3v) is 5.75. The molecule has 3 aromatic rings. The molecular formula is C21H19F3N4O2S. The molecule has 0 radical (unpaired) electrons. The molecule has 1 amide bonds. The second-order valence-corrected chi connectivity index (χ2v) is 7.99. The molecule has 1 aromatic carbocycles. The Balaban J connectivity index is 1.29. The van der Waals surface area contributed by atoms with E-state index in [-0.39, 0.29) is 5.91 Å². The van der Waals surface area contributed by atoms with Crippen molar-refractivity contribution in [3.8, 4) is 10.7 Å². The summed E-state index contributed by atoms with van der Waals surface area (Å²) in [7, 11) is 0. The Labute approximate surface area is 180 Å². The number of hydrogen-bond acceptors (Lipinski definition) is 6. The first kappa shape index (κ1) is 21.3. The summed E-state index contributed by atoms with van der Waals surface area (Å²) in [6, 6.07) is 8.74. The Bertz CT molecular complexity index is 1050. The summed E-state index contributed by atoms with van der Waals surface area (Å²) >= 11 is 1.54. The Morgan fingerprint density at radius 1 is 1.16 bits per heavy atom. The highest BCUT2D eigenvalue weighted by Gasteiger charge is 2.30. The van der Waals surface area contributed by atoms with Crippen molar-refractivity contribution in [2.24, 2.45) is 0 Å². The van der Waals surface area contributed by atoms with E-state index in [0.717, 1.165) is 17.0 Å². The van der Waals surface area contributed by atoms with Crippen LogP contribution in [0.25, 0.3) is 16.8 Å². The molecule has 10 heteroatoms. The van der Waals surface area contributed by atoms with Crippen molar-refractivity contribution >= 4 is 23.3 Å². The molecule has 4 rings (SSSR count). The molecule has 1 aliphatic heterocycles. The largest absolute Gasteiger partial charge is 0.416 e. The van der Waals surface area contributed by atoms with E-state index in [1.165, 1.54) is 35.6 Å². The Morgan fingerprint density at radius 3 is 2.68 bits per heavy atom. The van der Waals surface area contributed by atoms with Crippen LogP contribution in [-0.4, -0.2) is 52.0 Å². The molecular weight excluding hydrogens is 429 g/mol. The van der Waals surface area contributed by atoms with Gasteiger partial charge in [0.15, 0.2) is 0 Å². The number of piperazine rings is 1. The first-order valence-electron chi connectivity index (χ1n) is 9.61. The van der Waals surface area contributed by atoms with Gasteiger partial charge < -0.3 is 9.42 Å². The van der Waals surface area contributed by atoms with E-state index >= 15 is 0 Å². The molecule has 0 N–H and O–H groups in total. The normalized spacial score (nSPS) is 15.6. The monoisotopic (exact) mass is 448 g/mol. The summed E-state index contributed by atoms with van der Waals surface area (Å²) in [5.41, 5.74) is -0.404. The molecule has 0 spiro atoms. The van der Waals surface area contributed by atoms with Crippen LogP contribution < -0.4 is 0 Å². The number of thiophene rings is 1. The molecule has 31 heavy (non-hydrogen) atoms. The van der Waals surface area contributed by atoms with E-state index in [0.29, 0.717) is 50.0 Å². The van der Waals surface area contributed by atoms with Crippen LogP contribution >= 0.6 is 11.3 Å². The Kier molecular flexibility index (Phi) is 6.19. The van der Waals surface area contributed by atoms with E-state index in [9.17, 15) is 18.0 Å². The van der Waals surface area contributed by atoms with Crippen molar-refractivity contribution in [1.29, 1.82) is 0 Å². The van der Waals surface area contributed by atoms with Gasteiger partial charge in [0.05, 0.1) is 17.0 Å². The van der Waals surface area contributed by atoms with Gasteiger partial charge in [-0.3, -0.25) is 9.69 Å². The lowest BCUT2D eigenvalue weighted by molar-refractivity contribution is -0.137. The molecule has 0 bridgehead atoms. The molecule has 162 valence electrons. The third kappa shape index (κ3) is 5.39. The van der Waals surface area contributed by atoms with E-state index in [2.05, 4.69) is 15.0 Å². The lowest BCUT2D eigenvalue weighted by Gasteiger charge is -2.33. The maximum Gasteiger partial charge on any atom is 0.416 e. The van der Waals surface area contributed by atoms with Crippen LogP contribution in [0.5, 0.6) is 0 Å². The van der Waals surface area contributed by atoms with Crippen molar-refractivity contribution in [3.05, 3.63) is 64.9 Å². The van der Waals surface area contributed by atoms with Crippen LogP contribution in [0.2, 0.25) is 0 Å². The topological polar surface area (TPSA) is 62.5 Å². The fourth-order valence-electron chi connectivity index (χ4n) is 3.23. The van der Waals surface area contributed by atoms with Crippen LogP contribution in [0.4, 0.5) is 13.2 Å². The van der Waals surface area contributed by atoms with Crippen LogP contribution in [0.1, 0.15) is 17.0 Å². The van der Waals surface area contributed by atoms with E-state index in [1.807, 2.05) is 17.5 Å². The number of carbonyl (C=O) groups excluding carboxylic acids is 1. The molecule has 1 fully saturated rings. The summed E-state index contributed by atoms with van der Waals surface area (Å²) in [5.74, 6) is 0.862. The number of rotatable bonds is 5. The van der Waals surface area contributed by atoms with Gasteiger partial charge in [-0.1, -0.05) is 23.4 Å². The lowest BCUT2D eigenvalue weighted by Crippen LogP contribution is -2.47. The van der Waals surface area contributed by atoms with E-state index < -0.39 is 11.7 Å². The van der Waals surface area contributed by atoms with Gasteiger partial charge in [-0.25, -0.2) is 0 Å². The first-order chi connectivity index (χ1) is 14.9. The predicted molar refractivity (Wildman–Crippen MR) is 110 cm³/mol. The highest BCUT2D eigenvalue weighted by Crippen LogP contribution is 2.29. The molecule has 6 nitrogen and oxygen atoms in total. The van der Waals surface area contributed by atoms with E-state index in [4.69, 9.17) is 4.52 Å². The van der Waals surface area contributed by atoms with E-state index in [1.54, 1.807) is 4.90 Å². The maximum atomic E-state index is 12.8. The number of benzene rings is 1. The molecule has 0 saturated carbocycles. The van der Waals surface area contributed by atoms with Crippen molar-refractivity contribution in [2.45, 2.75) is 12.7 Å². The zero-order valence-corrected chi connectivity index (χ0v) is 17.2. The van der Waals surface area contributed by atoms with Gasteiger partial charge in [0.2, 0.25) is 17.6 Å². The standard InChI is InChI=1S/C21H19F3N4O2S/c22-21(23,24)16-4-1-3-15(13-16)6-7-19(29)28-10-8-27(9-11-28)14-18-25-20(26-30-18)17-5-2-12-31-17/h1-7,12-13H,8-11,14H2/b7-6+. The molecule has 2 aromatic heterocycles. The zero-order valence-electron chi connectivity index (χ0n) is 16.4. The number of hydrogen-bond donors (Lipinski definition) is 0. The Hall–Kier alpha value is -2.98. The number of alkyl halides is 3. The van der Waals surface area contributed by atoms with Gasteiger partial charge in [0.1, 0.15) is 0 Å². The molecule has 1 aliphatic rings. The first-order valence-corrected chi connectivity index (χ1v) is 10.5. The van der Waals surface area contributed by atoms with Gasteiger partial charge in [-0.2, -0.15) is 18.2 Å². The van der Waals surface area contributed by atoms with Crippen LogP contribution in [0.3, 0.4) is 0 Å². The quantitative estimate of drug-likeness (QED) is 0.548. The number of aromatic nitrogens is 2. The van der Waals surface area contributed by atoms with Crippen LogP contribution in [0, 0.1) is 0 Å². The van der Waals surface area contributed by atoms with Crippen LogP contribution in [-0.2, 0) is 17.5 Å². The number of amides is 1. The lowest BCUT2D eigenvalue weighted by atomic mass is 10.1. The second-order valence-electron chi connectivity index (χ2n) is 7.05. The second kappa shape index (κ2) is 9.03. The molecule has 3 heterocycles. The van der Waals surface area contributed by atoms with Crippen molar-refractivity contribution in [1.82, 2.24) is 19.9 Å². The minimum absolute atomic E-state index is 0.227. The maximum absolute atomic E-state index is 12.8. The minimum Gasteiger partial charge on any atom is -0.338 e. The summed E-state index contributed by atoms with van der Waals surface area (Å²) in [5, 5.41) is 5.94. The fourth-order valence-corrected chi connectivity index (χ4v) is 3.88. The SMILES string of the molecule is O=C(/C=C/c1cccc(C(F)(F)F)c1)N1CCN(Cc2nc(-c3cccs3)no2)CC1. The number of halogens is 3. The van der Waals surface area contributed by atoms with Crippen molar-refractivity contribution < 1.29 is 22.5 Å². The van der Waals surface area contributed by atoms with Crippen molar-refractivity contribution in [2.75, 3.05) is 26.2 Å². The molecule has 0 atom stereocenters.